The normalized spacial score (nSPS) is 10.6. The van der Waals surface area contributed by atoms with Gasteiger partial charge in [-0.1, -0.05) is 30.3 Å². The molecule has 2 N–H and O–H groups in total. The van der Waals surface area contributed by atoms with Crippen molar-refractivity contribution >= 4 is 16.7 Å². The van der Waals surface area contributed by atoms with Crippen molar-refractivity contribution in [2.45, 2.75) is 19.9 Å². The van der Waals surface area contributed by atoms with E-state index >= 15 is 0 Å². The Bertz CT molecular complexity index is 933. The van der Waals surface area contributed by atoms with Gasteiger partial charge in [0.15, 0.2) is 0 Å². The summed E-state index contributed by atoms with van der Waals surface area (Å²) >= 11 is 0. The van der Waals surface area contributed by atoms with Gasteiger partial charge >= 0.3 is 0 Å². The number of benzene rings is 2. The summed E-state index contributed by atoms with van der Waals surface area (Å²) < 4.78 is 5.38. The third-order valence-corrected chi connectivity index (χ3v) is 3.83. The summed E-state index contributed by atoms with van der Waals surface area (Å²) in [6, 6.07) is 14.6. The summed E-state index contributed by atoms with van der Waals surface area (Å²) in [5, 5.41) is 10.7. The third-order valence-electron chi connectivity index (χ3n) is 3.83. The molecule has 3 aromatic rings. The Morgan fingerprint density at radius 3 is 2.56 bits per heavy atom. The lowest BCUT2D eigenvalue weighted by Gasteiger charge is -2.08. The first kappa shape index (κ1) is 16.7. The minimum atomic E-state index is -0.236. The van der Waals surface area contributed by atoms with Crippen LogP contribution in [0, 0.1) is 0 Å². The SMILES string of the molecule is CCOc1ccc(CC(=O)NCc2n[nH]c(=O)c3ccccc23)cc1. The standard InChI is InChI=1S/C19H19N3O3/c1-2-25-14-9-7-13(8-10-14)11-18(23)20-12-17-15-5-3-4-6-16(15)19(24)22-21-17/h3-10H,2,11-12H2,1H3,(H,20,23)(H,22,24). The van der Waals surface area contributed by atoms with E-state index in [1.807, 2.05) is 43.3 Å². The van der Waals surface area contributed by atoms with Crippen molar-refractivity contribution in [2.75, 3.05) is 6.61 Å². The second kappa shape index (κ2) is 7.61. The van der Waals surface area contributed by atoms with E-state index in [1.54, 1.807) is 12.1 Å². The van der Waals surface area contributed by atoms with Gasteiger partial charge in [0.25, 0.3) is 5.56 Å². The van der Waals surface area contributed by atoms with E-state index in [2.05, 4.69) is 15.5 Å². The van der Waals surface area contributed by atoms with Crippen molar-refractivity contribution in [2.24, 2.45) is 0 Å². The molecule has 3 rings (SSSR count). The number of aromatic amines is 1. The largest absolute Gasteiger partial charge is 0.494 e. The highest BCUT2D eigenvalue weighted by Crippen LogP contribution is 2.13. The predicted molar refractivity (Wildman–Crippen MR) is 95.5 cm³/mol. The first-order valence-electron chi connectivity index (χ1n) is 8.12. The van der Waals surface area contributed by atoms with E-state index in [4.69, 9.17) is 4.74 Å². The maximum Gasteiger partial charge on any atom is 0.272 e. The van der Waals surface area contributed by atoms with Crippen LogP contribution in [0.25, 0.3) is 10.8 Å². The molecular formula is C19H19N3O3. The van der Waals surface area contributed by atoms with Crippen LogP contribution in [-0.2, 0) is 17.8 Å². The van der Waals surface area contributed by atoms with Crippen molar-refractivity contribution in [1.29, 1.82) is 0 Å². The van der Waals surface area contributed by atoms with Gasteiger partial charge in [0.1, 0.15) is 5.75 Å². The topological polar surface area (TPSA) is 84.1 Å². The van der Waals surface area contributed by atoms with Crippen LogP contribution in [0.1, 0.15) is 18.2 Å². The number of nitrogens with zero attached hydrogens (tertiary/aromatic N) is 1. The Kier molecular flexibility index (Phi) is 5.09. The van der Waals surface area contributed by atoms with Gasteiger partial charge in [0.05, 0.1) is 30.7 Å². The van der Waals surface area contributed by atoms with E-state index in [0.29, 0.717) is 17.7 Å². The Hall–Kier alpha value is -3.15. The molecule has 1 heterocycles. The molecule has 0 saturated carbocycles. The second-order valence-corrected chi connectivity index (χ2v) is 5.58. The molecule has 0 spiro atoms. The van der Waals surface area contributed by atoms with Gasteiger partial charge in [-0.2, -0.15) is 5.10 Å². The molecule has 0 bridgehead atoms. The molecule has 2 aromatic carbocycles. The highest BCUT2D eigenvalue weighted by molar-refractivity contribution is 5.84. The maximum atomic E-state index is 12.2. The van der Waals surface area contributed by atoms with Gasteiger partial charge in [0, 0.05) is 5.39 Å². The molecule has 0 aliphatic carbocycles. The number of hydrogen-bond acceptors (Lipinski definition) is 4. The monoisotopic (exact) mass is 337 g/mol. The third kappa shape index (κ3) is 4.03. The summed E-state index contributed by atoms with van der Waals surface area (Å²) in [5.74, 6) is 0.678. The Morgan fingerprint density at radius 1 is 1.12 bits per heavy atom. The van der Waals surface area contributed by atoms with Crippen molar-refractivity contribution in [3.05, 3.63) is 70.1 Å². The smallest absolute Gasteiger partial charge is 0.272 e. The number of fused-ring (bicyclic) bond motifs is 1. The number of hydrogen-bond donors (Lipinski definition) is 2. The number of ether oxygens (including phenoxy) is 1. The molecule has 128 valence electrons. The fourth-order valence-corrected chi connectivity index (χ4v) is 2.61. The van der Waals surface area contributed by atoms with Gasteiger partial charge in [0.2, 0.25) is 5.91 Å². The molecule has 1 amide bonds. The van der Waals surface area contributed by atoms with Crippen molar-refractivity contribution in [3.8, 4) is 5.75 Å². The lowest BCUT2D eigenvalue weighted by molar-refractivity contribution is -0.120. The molecule has 0 unspecified atom stereocenters. The summed E-state index contributed by atoms with van der Waals surface area (Å²) in [5.41, 5.74) is 1.30. The first-order valence-corrected chi connectivity index (χ1v) is 8.12. The summed E-state index contributed by atoms with van der Waals surface area (Å²) in [6.45, 7) is 2.79. The molecular weight excluding hydrogens is 318 g/mol. The number of rotatable bonds is 6. The lowest BCUT2D eigenvalue weighted by atomic mass is 10.1. The fraction of sp³-hybridized carbons (Fsp3) is 0.211. The zero-order valence-corrected chi connectivity index (χ0v) is 13.9. The molecule has 0 radical (unpaired) electrons. The number of amides is 1. The number of nitrogens with one attached hydrogen (secondary N) is 2. The molecule has 0 fully saturated rings. The number of carbonyl (C=O) groups excluding carboxylic acids is 1. The van der Waals surface area contributed by atoms with Crippen LogP contribution < -0.4 is 15.6 Å². The van der Waals surface area contributed by atoms with E-state index < -0.39 is 0 Å². The highest BCUT2D eigenvalue weighted by atomic mass is 16.5. The van der Waals surface area contributed by atoms with Crippen LogP contribution in [0.4, 0.5) is 0 Å². The van der Waals surface area contributed by atoms with Gasteiger partial charge in [-0.05, 0) is 30.7 Å². The zero-order chi connectivity index (χ0) is 17.6. The van der Waals surface area contributed by atoms with Crippen LogP contribution in [0.15, 0.2) is 53.3 Å². The van der Waals surface area contributed by atoms with Gasteiger partial charge in [-0.15, -0.1) is 0 Å². The van der Waals surface area contributed by atoms with Gasteiger partial charge in [-0.3, -0.25) is 9.59 Å². The fourth-order valence-electron chi connectivity index (χ4n) is 2.61. The highest BCUT2D eigenvalue weighted by Gasteiger charge is 2.08. The molecule has 25 heavy (non-hydrogen) atoms. The average Bonchev–Trinajstić information content (AvgIpc) is 2.63. The van der Waals surface area contributed by atoms with Crippen molar-refractivity contribution in [3.63, 3.8) is 0 Å². The van der Waals surface area contributed by atoms with Crippen LogP contribution in [0.3, 0.4) is 0 Å². The van der Waals surface area contributed by atoms with Crippen molar-refractivity contribution in [1.82, 2.24) is 15.5 Å². The number of carbonyl (C=O) groups is 1. The predicted octanol–water partition coefficient (Wildman–Crippen LogP) is 2.18. The lowest BCUT2D eigenvalue weighted by Crippen LogP contribution is -2.26. The van der Waals surface area contributed by atoms with Gasteiger partial charge < -0.3 is 10.1 Å². The second-order valence-electron chi connectivity index (χ2n) is 5.58. The minimum absolute atomic E-state index is 0.110. The van der Waals surface area contributed by atoms with Crippen LogP contribution in [-0.4, -0.2) is 22.7 Å². The quantitative estimate of drug-likeness (QED) is 0.722. The Balaban J connectivity index is 1.65. The Morgan fingerprint density at radius 2 is 1.84 bits per heavy atom. The van der Waals surface area contributed by atoms with Gasteiger partial charge in [-0.25, -0.2) is 5.10 Å². The van der Waals surface area contributed by atoms with E-state index in [0.717, 1.165) is 16.7 Å². The van der Waals surface area contributed by atoms with Crippen LogP contribution in [0.2, 0.25) is 0 Å². The molecule has 0 aliphatic heterocycles. The molecule has 1 aromatic heterocycles. The molecule has 6 nitrogen and oxygen atoms in total. The van der Waals surface area contributed by atoms with Crippen molar-refractivity contribution < 1.29 is 9.53 Å². The van der Waals surface area contributed by atoms with E-state index in [9.17, 15) is 9.59 Å². The molecule has 0 saturated heterocycles. The number of aromatic nitrogens is 2. The van der Waals surface area contributed by atoms with Crippen LogP contribution >= 0.6 is 0 Å². The average molecular weight is 337 g/mol. The van der Waals surface area contributed by atoms with E-state index in [1.165, 1.54) is 0 Å². The van der Waals surface area contributed by atoms with E-state index in [-0.39, 0.29) is 24.4 Å². The zero-order valence-electron chi connectivity index (χ0n) is 13.9. The molecule has 0 aliphatic rings. The first-order chi connectivity index (χ1) is 12.2. The molecule has 0 atom stereocenters. The summed E-state index contributed by atoms with van der Waals surface area (Å²) in [6.07, 6.45) is 0.272. The minimum Gasteiger partial charge on any atom is -0.494 e. The summed E-state index contributed by atoms with van der Waals surface area (Å²) in [4.78, 5) is 23.9. The number of H-pyrrole nitrogens is 1. The Labute approximate surface area is 144 Å². The van der Waals surface area contributed by atoms with Crippen LogP contribution in [0.5, 0.6) is 5.75 Å². The molecule has 6 heteroatoms. The summed E-state index contributed by atoms with van der Waals surface area (Å²) in [7, 11) is 0. The maximum absolute atomic E-state index is 12.2.